The second-order valence-electron chi connectivity index (χ2n) is 7.86. The van der Waals surface area contributed by atoms with Gasteiger partial charge in [0.1, 0.15) is 24.2 Å². The Morgan fingerprint density at radius 3 is 2.44 bits per heavy atom. The predicted molar refractivity (Wildman–Crippen MR) is 136 cm³/mol. The SMILES string of the molecule is Cl.[O-]C(C[n+]1cc(-c2ccc(Cl)c(Cl)c2)n2c1CCC2)=Nc1ccc(Oc2ccccc2)cc1. The van der Waals surface area contributed by atoms with Crippen molar-refractivity contribution in [1.82, 2.24) is 4.57 Å². The number of halogens is 3. The molecule has 0 radical (unpaired) electrons. The molecule has 1 aliphatic rings. The van der Waals surface area contributed by atoms with Crippen molar-refractivity contribution in [2.24, 2.45) is 4.99 Å². The predicted octanol–water partition coefficient (Wildman–Crippen LogP) is 6.00. The van der Waals surface area contributed by atoms with Gasteiger partial charge in [0.05, 0.1) is 28.7 Å². The van der Waals surface area contributed by atoms with E-state index in [-0.39, 0.29) is 24.8 Å². The zero-order valence-corrected chi connectivity index (χ0v) is 20.5. The minimum absolute atomic E-state index is 0. The number of fused-ring (bicyclic) bond motifs is 1. The molecule has 0 bridgehead atoms. The highest BCUT2D eigenvalue weighted by Crippen LogP contribution is 2.30. The highest BCUT2D eigenvalue weighted by Gasteiger charge is 2.28. The largest absolute Gasteiger partial charge is 0.859 e. The first-order valence-corrected chi connectivity index (χ1v) is 11.5. The molecule has 5 rings (SSSR count). The van der Waals surface area contributed by atoms with E-state index in [4.69, 9.17) is 27.9 Å². The topological polar surface area (TPSA) is 53.5 Å². The number of rotatable bonds is 6. The molecule has 0 amide bonds. The second-order valence-corrected chi connectivity index (χ2v) is 8.67. The van der Waals surface area contributed by atoms with Crippen molar-refractivity contribution in [3.63, 3.8) is 0 Å². The lowest BCUT2D eigenvalue weighted by Gasteiger charge is -2.10. The van der Waals surface area contributed by atoms with Crippen LogP contribution in [0.1, 0.15) is 12.2 Å². The van der Waals surface area contributed by atoms with Gasteiger partial charge in [0.15, 0.2) is 5.69 Å². The number of imidazole rings is 1. The summed E-state index contributed by atoms with van der Waals surface area (Å²) in [4.78, 5) is 4.27. The van der Waals surface area contributed by atoms with Crippen LogP contribution in [0.2, 0.25) is 10.0 Å². The third-order valence-corrected chi connectivity index (χ3v) is 6.32. The molecule has 0 N–H and O–H groups in total. The van der Waals surface area contributed by atoms with Crippen molar-refractivity contribution in [2.45, 2.75) is 25.9 Å². The van der Waals surface area contributed by atoms with Gasteiger partial charge in [-0.05, 0) is 61.0 Å². The molecule has 174 valence electrons. The summed E-state index contributed by atoms with van der Waals surface area (Å²) >= 11 is 12.3. The molecule has 0 saturated heterocycles. The van der Waals surface area contributed by atoms with E-state index in [2.05, 4.69) is 9.56 Å². The second kappa shape index (κ2) is 10.5. The summed E-state index contributed by atoms with van der Waals surface area (Å²) in [5, 5.41) is 13.8. The number of ether oxygens (including phenoxy) is 1. The van der Waals surface area contributed by atoms with E-state index in [1.807, 2.05) is 65.4 Å². The fraction of sp³-hybridized carbons (Fsp3) is 0.154. The van der Waals surface area contributed by atoms with E-state index in [9.17, 15) is 5.11 Å². The van der Waals surface area contributed by atoms with Crippen LogP contribution in [0.3, 0.4) is 0 Å². The summed E-state index contributed by atoms with van der Waals surface area (Å²) in [6, 6.07) is 22.3. The van der Waals surface area contributed by atoms with Crippen molar-refractivity contribution in [1.29, 1.82) is 0 Å². The molecule has 1 aromatic heterocycles. The van der Waals surface area contributed by atoms with Crippen molar-refractivity contribution >= 4 is 47.2 Å². The van der Waals surface area contributed by atoms with E-state index in [1.165, 1.54) is 0 Å². The first-order valence-electron chi connectivity index (χ1n) is 10.7. The molecule has 34 heavy (non-hydrogen) atoms. The monoisotopic (exact) mass is 513 g/mol. The van der Waals surface area contributed by atoms with E-state index in [0.717, 1.165) is 42.2 Å². The normalized spacial score (nSPS) is 12.8. The average molecular weight is 515 g/mol. The van der Waals surface area contributed by atoms with E-state index in [1.54, 1.807) is 18.2 Å². The summed E-state index contributed by atoms with van der Waals surface area (Å²) in [6.07, 6.45) is 3.96. The van der Waals surface area contributed by atoms with Crippen LogP contribution < -0.4 is 14.4 Å². The third-order valence-electron chi connectivity index (χ3n) is 5.58. The fourth-order valence-corrected chi connectivity index (χ4v) is 4.37. The zero-order valence-electron chi connectivity index (χ0n) is 18.2. The number of hydrogen-bond acceptors (Lipinski definition) is 3. The third kappa shape index (κ3) is 5.22. The molecule has 0 aliphatic carbocycles. The van der Waals surface area contributed by atoms with Crippen LogP contribution in [0.5, 0.6) is 11.5 Å². The highest BCUT2D eigenvalue weighted by molar-refractivity contribution is 6.42. The van der Waals surface area contributed by atoms with Gasteiger partial charge in [-0.25, -0.2) is 9.13 Å². The van der Waals surface area contributed by atoms with Crippen LogP contribution in [0, 0.1) is 0 Å². The van der Waals surface area contributed by atoms with Gasteiger partial charge < -0.3 is 9.84 Å². The lowest BCUT2D eigenvalue weighted by molar-refractivity contribution is -0.693. The fourth-order valence-electron chi connectivity index (χ4n) is 4.07. The van der Waals surface area contributed by atoms with Gasteiger partial charge in [0.25, 0.3) is 5.82 Å². The molecule has 1 aliphatic heterocycles. The average Bonchev–Trinajstić information content (AvgIpc) is 3.42. The first kappa shape index (κ1) is 24.1. The zero-order chi connectivity index (χ0) is 22.8. The maximum atomic E-state index is 12.7. The smallest absolute Gasteiger partial charge is 0.257 e. The van der Waals surface area contributed by atoms with Crippen LogP contribution in [0.15, 0.2) is 84.0 Å². The van der Waals surface area contributed by atoms with Crippen molar-refractivity contribution < 1.29 is 14.4 Å². The molecule has 0 unspecified atom stereocenters. The van der Waals surface area contributed by atoms with Crippen molar-refractivity contribution in [3.8, 4) is 22.8 Å². The molecule has 0 atom stereocenters. The summed E-state index contributed by atoms with van der Waals surface area (Å²) in [5.74, 6) is 2.36. The number of hydrogen-bond donors (Lipinski definition) is 0. The number of aliphatic imine (C=N–C) groups is 1. The van der Waals surface area contributed by atoms with Gasteiger partial charge in [0.2, 0.25) is 0 Å². The Labute approximate surface area is 214 Å². The lowest BCUT2D eigenvalue weighted by Crippen LogP contribution is -2.43. The lowest BCUT2D eigenvalue weighted by atomic mass is 10.1. The Balaban J connectivity index is 0.00000274. The van der Waals surface area contributed by atoms with Gasteiger partial charge in [0, 0.05) is 11.5 Å². The summed E-state index contributed by atoms with van der Waals surface area (Å²) in [7, 11) is 0. The Bertz CT molecular complexity index is 1320. The Hall–Kier alpha value is -2.99. The van der Waals surface area contributed by atoms with Gasteiger partial charge in [-0.15, -0.1) is 12.4 Å². The van der Waals surface area contributed by atoms with E-state index >= 15 is 0 Å². The summed E-state index contributed by atoms with van der Waals surface area (Å²) in [6.45, 7) is 1.09. The molecule has 2 heterocycles. The quantitative estimate of drug-likeness (QED) is 0.180. The maximum absolute atomic E-state index is 12.7. The number of benzene rings is 3. The number of aromatic nitrogens is 2. The van der Waals surface area contributed by atoms with Crippen LogP contribution in [0.25, 0.3) is 11.3 Å². The molecule has 0 fully saturated rings. The van der Waals surface area contributed by atoms with Crippen LogP contribution >= 0.6 is 35.6 Å². The Morgan fingerprint density at radius 1 is 0.971 bits per heavy atom. The van der Waals surface area contributed by atoms with Crippen molar-refractivity contribution in [2.75, 3.05) is 0 Å². The molecule has 0 saturated carbocycles. The molecule has 5 nitrogen and oxygen atoms in total. The Kier molecular flexibility index (Phi) is 7.47. The standard InChI is InChI=1S/C26H21Cl2N3O2.ClH/c27-22-13-8-18(15-23(22)28)24-16-30(26-7-4-14-31(24)26)17-25(32)29-19-9-11-21(12-10-19)33-20-5-2-1-3-6-20;/h1-3,5-6,8-13,15-16H,4,7,14,17H2;1H. The highest BCUT2D eigenvalue weighted by atomic mass is 35.5. The minimum atomic E-state index is -0.210. The van der Waals surface area contributed by atoms with Gasteiger partial charge in [-0.1, -0.05) is 41.4 Å². The van der Waals surface area contributed by atoms with Crippen LogP contribution in [-0.2, 0) is 19.5 Å². The maximum Gasteiger partial charge on any atom is 0.257 e. The molecular weight excluding hydrogens is 493 g/mol. The van der Waals surface area contributed by atoms with Gasteiger partial charge in [-0.2, -0.15) is 0 Å². The molecule has 3 aromatic carbocycles. The molecule has 8 heteroatoms. The summed E-state index contributed by atoms with van der Waals surface area (Å²) < 4.78 is 10.0. The number of nitrogens with zero attached hydrogens (tertiary/aromatic N) is 3. The first-order chi connectivity index (χ1) is 16.1. The van der Waals surface area contributed by atoms with Gasteiger partial charge >= 0.3 is 0 Å². The Morgan fingerprint density at radius 2 is 1.71 bits per heavy atom. The van der Waals surface area contributed by atoms with E-state index < -0.39 is 0 Å². The number of para-hydroxylation sites is 1. The van der Waals surface area contributed by atoms with Gasteiger partial charge in [-0.3, -0.25) is 4.99 Å². The molecule has 0 spiro atoms. The minimum Gasteiger partial charge on any atom is -0.859 e. The molecular formula is C26H22Cl3N3O2. The van der Waals surface area contributed by atoms with Crippen LogP contribution in [0.4, 0.5) is 5.69 Å². The van der Waals surface area contributed by atoms with Crippen molar-refractivity contribution in [3.05, 3.63) is 94.9 Å². The van der Waals surface area contributed by atoms with E-state index in [0.29, 0.717) is 21.5 Å². The van der Waals surface area contributed by atoms with Crippen LogP contribution in [-0.4, -0.2) is 10.5 Å². The molecule has 4 aromatic rings. The summed E-state index contributed by atoms with van der Waals surface area (Å²) in [5.41, 5.74) is 2.60.